The maximum absolute atomic E-state index is 12.9. The van der Waals surface area contributed by atoms with Crippen molar-refractivity contribution in [3.05, 3.63) is 119 Å². The summed E-state index contributed by atoms with van der Waals surface area (Å²) in [5, 5.41) is 20.2. The Balaban J connectivity index is 1.89. The molecule has 1 saturated carbocycles. The quantitative estimate of drug-likeness (QED) is 0.188. The highest BCUT2D eigenvalue weighted by molar-refractivity contribution is 5.95. The number of ketones is 1. The second kappa shape index (κ2) is 15.6. The molecule has 2 aliphatic carbocycles. The molecule has 0 unspecified atom stereocenters. The molecule has 2 aliphatic rings. The van der Waals surface area contributed by atoms with Crippen LogP contribution in [0.15, 0.2) is 119 Å². The zero-order valence-corrected chi connectivity index (χ0v) is 28.4. The van der Waals surface area contributed by atoms with E-state index >= 15 is 0 Å². The van der Waals surface area contributed by atoms with E-state index in [4.69, 9.17) is 0 Å². The Morgan fingerprint density at radius 1 is 0.651 bits per heavy atom. The fourth-order valence-electron chi connectivity index (χ4n) is 6.19. The normalized spacial score (nSPS) is 27.7. The van der Waals surface area contributed by atoms with Gasteiger partial charge in [0.1, 0.15) is 0 Å². The highest BCUT2D eigenvalue weighted by Gasteiger charge is 2.52. The molecule has 0 spiro atoms. The summed E-state index contributed by atoms with van der Waals surface area (Å²) in [5.74, 6) is 0.0853. The number of aliphatic hydroxyl groups excluding tert-OH is 2. The molecule has 0 aromatic rings. The number of allylic oxidation sites excluding steroid dienone is 19. The first kappa shape index (κ1) is 36.2. The van der Waals surface area contributed by atoms with Gasteiger partial charge >= 0.3 is 0 Å². The minimum Gasteiger partial charge on any atom is -0.393 e. The highest BCUT2D eigenvalue weighted by Crippen LogP contribution is 2.53. The van der Waals surface area contributed by atoms with E-state index in [0.29, 0.717) is 12.8 Å². The number of hydrogen-bond acceptors (Lipinski definition) is 3. The molecule has 43 heavy (non-hydrogen) atoms. The molecule has 234 valence electrons. The van der Waals surface area contributed by atoms with Crippen LogP contribution in [0, 0.1) is 16.2 Å². The predicted octanol–water partition coefficient (Wildman–Crippen LogP) is 9.81. The fourth-order valence-corrected chi connectivity index (χ4v) is 6.19. The Hall–Kier alpha value is -3.01. The molecule has 0 radical (unpaired) electrons. The van der Waals surface area contributed by atoms with Crippen LogP contribution in [0.2, 0.25) is 0 Å². The third-order valence-corrected chi connectivity index (χ3v) is 9.18. The zero-order chi connectivity index (χ0) is 32.4. The maximum Gasteiger partial charge on any atom is 0.162 e. The number of aliphatic hydroxyl groups is 2. The van der Waals surface area contributed by atoms with Gasteiger partial charge in [0.2, 0.25) is 0 Å². The van der Waals surface area contributed by atoms with E-state index in [2.05, 4.69) is 97.9 Å². The molecular weight excluding hydrogens is 528 g/mol. The van der Waals surface area contributed by atoms with Gasteiger partial charge in [-0.2, -0.15) is 0 Å². The summed E-state index contributed by atoms with van der Waals surface area (Å²) in [5.41, 5.74) is 6.34. The number of hydrogen-bond donors (Lipinski definition) is 2. The fraction of sp³-hybridized carbons (Fsp3) is 0.475. The molecule has 3 heteroatoms. The minimum atomic E-state index is -0.532. The van der Waals surface area contributed by atoms with Crippen LogP contribution in [0.4, 0.5) is 0 Å². The van der Waals surface area contributed by atoms with Gasteiger partial charge < -0.3 is 10.2 Å². The van der Waals surface area contributed by atoms with Crippen molar-refractivity contribution in [2.75, 3.05) is 0 Å². The molecule has 0 saturated heterocycles. The van der Waals surface area contributed by atoms with Crippen molar-refractivity contribution in [3.8, 4) is 0 Å². The van der Waals surface area contributed by atoms with Crippen molar-refractivity contribution in [1.82, 2.24) is 0 Å². The third kappa shape index (κ3) is 10.9. The number of carbonyl (C=O) groups is 1. The van der Waals surface area contributed by atoms with Crippen molar-refractivity contribution >= 4 is 5.78 Å². The Morgan fingerprint density at radius 2 is 1.14 bits per heavy atom. The number of rotatable bonds is 11. The molecule has 1 fully saturated rings. The van der Waals surface area contributed by atoms with Crippen molar-refractivity contribution in [3.63, 3.8) is 0 Å². The summed E-state index contributed by atoms with van der Waals surface area (Å²) in [6, 6.07) is 0. The average molecular weight is 585 g/mol. The van der Waals surface area contributed by atoms with E-state index in [9.17, 15) is 15.0 Å². The van der Waals surface area contributed by atoms with Crippen LogP contribution in [0.25, 0.3) is 0 Å². The van der Waals surface area contributed by atoms with Crippen LogP contribution in [-0.4, -0.2) is 28.2 Å². The lowest BCUT2D eigenvalue weighted by molar-refractivity contribution is -0.127. The topological polar surface area (TPSA) is 57.5 Å². The van der Waals surface area contributed by atoms with Crippen molar-refractivity contribution in [2.24, 2.45) is 16.2 Å². The average Bonchev–Trinajstić information content (AvgIpc) is 3.10. The van der Waals surface area contributed by atoms with E-state index in [1.807, 2.05) is 50.3 Å². The second-order valence-electron chi connectivity index (χ2n) is 14.2. The molecule has 2 N–H and O–H groups in total. The molecule has 3 nitrogen and oxygen atoms in total. The van der Waals surface area contributed by atoms with Gasteiger partial charge in [0, 0.05) is 5.41 Å². The van der Waals surface area contributed by atoms with E-state index in [1.165, 1.54) is 16.7 Å². The largest absolute Gasteiger partial charge is 0.393 e. The van der Waals surface area contributed by atoms with Gasteiger partial charge in [-0.05, 0) is 82.8 Å². The monoisotopic (exact) mass is 584 g/mol. The van der Waals surface area contributed by atoms with Gasteiger partial charge in [-0.1, -0.05) is 141 Å². The minimum absolute atomic E-state index is 0.00528. The van der Waals surface area contributed by atoms with E-state index in [-0.39, 0.29) is 22.7 Å². The summed E-state index contributed by atoms with van der Waals surface area (Å²) < 4.78 is 0. The molecule has 0 bridgehead atoms. The predicted molar refractivity (Wildman–Crippen MR) is 185 cm³/mol. The molecular formula is C40H56O3. The Morgan fingerprint density at radius 3 is 1.63 bits per heavy atom. The van der Waals surface area contributed by atoms with E-state index in [1.54, 1.807) is 6.08 Å². The van der Waals surface area contributed by atoms with Gasteiger partial charge in [-0.25, -0.2) is 0 Å². The molecule has 0 amide bonds. The van der Waals surface area contributed by atoms with Gasteiger partial charge in [-0.15, -0.1) is 0 Å². The van der Waals surface area contributed by atoms with Gasteiger partial charge in [0.25, 0.3) is 0 Å². The Labute approximate surface area is 262 Å². The summed E-state index contributed by atoms with van der Waals surface area (Å²) in [6.07, 6.45) is 30.6. The van der Waals surface area contributed by atoms with Crippen LogP contribution in [0.3, 0.4) is 0 Å². The second-order valence-corrected chi connectivity index (χ2v) is 14.2. The smallest absolute Gasteiger partial charge is 0.162 e. The van der Waals surface area contributed by atoms with Crippen LogP contribution < -0.4 is 0 Å². The lowest BCUT2D eigenvalue weighted by atomic mass is 9.66. The van der Waals surface area contributed by atoms with Crippen LogP contribution in [-0.2, 0) is 4.79 Å². The van der Waals surface area contributed by atoms with Crippen molar-refractivity contribution in [1.29, 1.82) is 0 Å². The lowest BCUT2D eigenvalue weighted by Crippen LogP contribution is -2.36. The lowest BCUT2D eigenvalue weighted by Gasteiger charge is -2.35. The molecule has 0 aromatic carbocycles. The van der Waals surface area contributed by atoms with E-state index < -0.39 is 11.5 Å². The summed E-state index contributed by atoms with van der Waals surface area (Å²) >= 11 is 0. The number of carbonyl (C=O) groups excluding carboxylic acids is 1. The Kier molecular flexibility index (Phi) is 13.2. The van der Waals surface area contributed by atoms with Crippen molar-refractivity contribution < 1.29 is 15.0 Å². The third-order valence-electron chi connectivity index (χ3n) is 9.18. The first-order chi connectivity index (χ1) is 20.0. The van der Waals surface area contributed by atoms with E-state index in [0.717, 1.165) is 29.6 Å². The summed E-state index contributed by atoms with van der Waals surface area (Å²) in [6.45, 7) is 20.9. The van der Waals surface area contributed by atoms with Crippen LogP contribution in [0.5, 0.6) is 0 Å². The molecule has 2 rings (SSSR count). The van der Waals surface area contributed by atoms with Gasteiger partial charge in [-0.3, -0.25) is 4.79 Å². The zero-order valence-electron chi connectivity index (χ0n) is 28.4. The first-order valence-corrected chi connectivity index (χ1v) is 15.7. The van der Waals surface area contributed by atoms with Gasteiger partial charge in [0.05, 0.1) is 12.2 Å². The molecule has 0 heterocycles. The first-order valence-electron chi connectivity index (χ1n) is 15.7. The molecule has 0 aliphatic heterocycles. The maximum atomic E-state index is 12.9. The summed E-state index contributed by atoms with van der Waals surface area (Å²) in [7, 11) is 0. The van der Waals surface area contributed by atoms with Gasteiger partial charge in [0.15, 0.2) is 5.78 Å². The summed E-state index contributed by atoms with van der Waals surface area (Å²) in [4.78, 5) is 12.9. The highest BCUT2D eigenvalue weighted by atomic mass is 16.3. The Bertz CT molecular complexity index is 1310. The van der Waals surface area contributed by atoms with Crippen LogP contribution >= 0.6 is 0 Å². The molecule has 0 aromatic heterocycles. The van der Waals surface area contributed by atoms with Crippen molar-refractivity contribution in [2.45, 2.75) is 107 Å². The van der Waals surface area contributed by atoms with Crippen LogP contribution in [0.1, 0.15) is 94.9 Å². The molecule has 3 atom stereocenters. The SMILES string of the molecule is CC1=C(/C=C/C(C)=C/C=C/C(C)=C/C=C/C=C(C)\C=C\C=C(C)\C=C\C(=O)[C@@]2(C)C[C@H](O)CC2(C)C)C(C)(C)C[C@H](O)C1. The standard InChI is InChI=1S/C40H56O3/c1-29(17-13-19-31(3)21-23-36-33(5)25-34(41)26-38(36,6)7)15-11-12-16-30(2)18-14-20-32(4)22-24-37(43)40(10)28-35(42)27-39(40,8)9/h11-24,34-35,41-42H,25-28H2,1-10H3/b12-11+,17-13+,18-14+,23-21+,24-22+,29-15+,30-16-,31-19+,32-20+/t34-,35-,40-/m1/s1.